The van der Waals surface area contributed by atoms with Crippen molar-refractivity contribution in [2.75, 3.05) is 22.8 Å². The zero-order valence-electron chi connectivity index (χ0n) is 21.7. The van der Waals surface area contributed by atoms with E-state index in [1.54, 1.807) is 85.8 Å². The fourth-order valence-electron chi connectivity index (χ4n) is 3.72. The molecule has 0 aliphatic carbocycles. The smallest absolute Gasteiger partial charge is 0.264 e. The molecule has 0 heterocycles. The van der Waals surface area contributed by atoms with Crippen molar-refractivity contribution >= 4 is 39.4 Å². The van der Waals surface area contributed by atoms with Gasteiger partial charge in [-0.3, -0.25) is 13.9 Å². The van der Waals surface area contributed by atoms with E-state index >= 15 is 0 Å². The summed E-state index contributed by atoms with van der Waals surface area (Å²) in [5.41, 5.74) is 4.85. The van der Waals surface area contributed by atoms with Crippen molar-refractivity contribution in [2.24, 2.45) is 5.10 Å². The summed E-state index contributed by atoms with van der Waals surface area (Å²) in [5.74, 6) is -0.402. The number of anilines is 2. The normalized spacial score (nSPS) is 11.1. The Hall–Kier alpha value is -4.96. The van der Waals surface area contributed by atoms with Gasteiger partial charge in [-0.1, -0.05) is 54.6 Å². The Morgan fingerprint density at radius 1 is 0.825 bits per heavy atom. The molecule has 4 aromatic rings. The summed E-state index contributed by atoms with van der Waals surface area (Å²) < 4.78 is 33.4. The van der Waals surface area contributed by atoms with Crippen LogP contribution in [0.4, 0.5) is 11.4 Å². The Morgan fingerprint density at radius 2 is 1.45 bits per heavy atom. The molecule has 0 aliphatic heterocycles. The summed E-state index contributed by atoms with van der Waals surface area (Å²) in [6.07, 6.45) is 1.42. The van der Waals surface area contributed by atoms with Gasteiger partial charge in [0, 0.05) is 5.69 Å². The highest BCUT2D eigenvalue weighted by Gasteiger charge is 2.28. The zero-order chi connectivity index (χ0) is 28.4. The second-order valence-electron chi connectivity index (χ2n) is 8.68. The number of hydrazone groups is 1. The SMILES string of the molecule is Cc1ccccc1N(CC(=O)N/N=C\c1ccc(OCC(=O)Nc2ccccc2)cc1)S(=O)(=O)c1ccccc1. The number of carbonyl (C=O) groups is 2. The highest BCUT2D eigenvalue weighted by Crippen LogP contribution is 2.26. The predicted octanol–water partition coefficient (Wildman–Crippen LogP) is 4.36. The molecule has 0 aliphatic rings. The maximum atomic E-state index is 13.4. The van der Waals surface area contributed by atoms with Crippen LogP contribution in [0.1, 0.15) is 11.1 Å². The molecule has 2 amide bonds. The number of benzene rings is 4. The Balaban J connectivity index is 1.35. The van der Waals surface area contributed by atoms with Gasteiger partial charge in [0.15, 0.2) is 6.61 Å². The first-order chi connectivity index (χ1) is 19.3. The van der Waals surface area contributed by atoms with Crippen molar-refractivity contribution in [1.29, 1.82) is 0 Å². The average Bonchev–Trinajstić information content (AvgIpc) is 2.97. The number of sulfonamides is 1. The first-order valence-corrected chi connectivity index (χ1v) is 13.8. The van der Waals surface area contributed by atoms with Crippen LogP contribution in [-0.2, 0) is 19.6 Å². The number of aryl methyl sites for hydroxylation is 1. The predicted molar refractivity (Wildman–Crippen MR) is 155 cm³/mol. The van der Waals surface area contributed by atoms with Gasteiger partial charge < -0.3 is 10.1 Å². The van der Waals surface area contributed by atoms with E-state index in [0.29, 0.717) is 28.3 Å². The van der Waals surface area contributed by atoms with Crippen LogP contribution in [0, 0.1) is 6.92 Å². The van der Waals surface area contributed by atoms with E-state index in [2.05, 4.69) is 15.8 Å². The maximum absolute atomic E-state index is 13.4. The number of hydrogen-bond acceptors (Lipinski definition) is 6. The fraction of sp³-hybridized carbons (Fsp3) is 0.100. The van der Waals surface area contributed by atoms with E-state index in [4.69, 9.17) is 4.74 Å². The van der Waals surface area contributed by atoms with Crippen molar-refractivity contribution in [3.8, 4) is 5.75 Å². The van der Waals surface area contributed by atoms with Crippen LogP contribution in [-0.4, -0.2) is 39.6 Å². The summed E-state index contributed by atoms with van der Waals surface area (Å²) >= 11 is 0. The number of rotatable bonds is 11. The topological polar surface area (TPSA) is 117 Å². The summed E-state index contributed by atoms with van der Waals surface area (Å²) in [7, 11) is -4.00. The van der Waals surface area contributed by atoms with E-state index in [0.717, 1.165) is 4.31 Å². The van der Waals surface area contributed by atoms with E-state index in [-0.39, 0.29) is 17.4 Å². The van der Waals surface area contributed by atoms with Gasteiger partial charge in [0.1, 0.15) is 12.3 Å². The number of amides is 2. The molecule has 9 nitrogen and oxygen atoms in total. The molecule has 40 heavy (non-hydrogen) atoms. The molecule has 4 aromatic carbocycles. The summed E-state index contributed by atoms with van der Waals surface area (Å²) in [4.78, 5) is 24.9. The Bertz CT molecular complexity index is 1580. The number of carbonyl (C=O) groups excluding carboxylic acids is 2. The van der Waals surface area contributed by atoms with E-state index < -0.39 is 22.5 Å². The molecule has 0 bridgehead atoms. The molecule has 0 saturated heterocycles. The van der Waals surface area contributed by atoms with Crippen LogP contribution in [0.15, 0.2) is 119 Å². The molecule has 0 saturated carbocycles. The lowest BCUT2D eigenvalue weighted by Gasteiger charge is -2.25. The van der Waals surface area contributed by atoms with E-state index in [9.17, 15) is 18.0 Å². The van der Waals surface area contributed by atoms with Gasteiger partial charge in [0.05, 0.1) is 16.8 Å². The largest absolute Gasteiger partial charge is 0.484 e. The van der Waals surface area contributed by atoms with Gasteiger partial charge in [-0.25, -0.2) is 13.8 Å². The molecular formula is C30H28N4O5S. The third-order valence-corrected chi connectivity index (χ3v) is 7.49. The molecular weight excluding hydrogens is 528 g/mol. The minimum absolute atomic E-state index is 0.0782. The van der Waals surface area contributed by atoms with Crippen molar-refractivity contribution in [2.45, 2.75) is 11.8 Å². The molecule has 0 unspecified atom stereocenters. The van der Waals surface area contributed by atoms with Gasteiger partial charge in [-0.05, 0) is 72.6 Å². The number of ether oxygens (including phenoxy) is 1. The van der Waals surface area contributed by atoms with Gasteiger partial charge in [0.2, 0.25) is 0 Å². The summed E-state index contributed by atoms with van der Waals surface area (Å²) in [5, 5.41) is 6.71. The van der Waals surface area contributed by atoms with E-state index in [1.165, 1.54) is 18.3 Å². The lowest BCUT2D eigenvalue weighted by molar-refractivity contribution is -0.119. The monoisotopic (exact) mass is 556 g/mol. The van der Waals surface area contributed by atoms with Gasteiger partial charge in [-0.2, -0.15) is 5.10 Å². The third-order valence-electron chi connectivity index (χ3n) is 5.71. The summed E-state index contributed by atoms with van der Waals surface area (Å²) in [6.45, 7) is 1.17. The number of nitrogens with zero attached hydrogens (tertiary/aromatic N) is 2. The lowest BCUT2D eigenvalue weighted by atomic mass is 10.2. The molecule has 0 fully saturated rings. The van der Waals surface area contributed by atoms with Crippen LogP contribution >= 0.6 is 0 Å². The highest BCUT2D eigenvalue weighted by atomic mass is 32.2. The van der Waals surface area contributed by atoms with Crippen LogP contribution in [0.25, 0.3) is 0 Å². The molecule has 10 heteroatoms. The minimum atomic E-state index is -4.00. The van der Waals surface area contributed by atoms with Crippen molar-refractivity contribution in [1.82, 2.24) is 5.43 Å². The number of nitrogens with one attached hydrogen (secondary N) is 2. The van der Waals surface area contributed by atoms with Gasteiger partial charge in [-0.15, -0.1) is 0 Å². The Labute approximate surface area is 233 Å². The van der Waals surface area contributed by atoms with Crippen LogP contribution in [0.2, 0.25) is 0 Å². The van der Waals surface area contributed by atoms with Gasteiger partial charge >= 0.3 is 0 Å². The van der Waals surface area contributed by atoms with Crippen LogP contribution in [0.5, 0.6) is 5.75 Å². The first-order valence-electron chi connectivity index (χ1n) is 12.4. The summed E-state index contributed by atoms with van der Waals surface area (Å²) in [6, 6.07) is 30.7. The van der Waals surface area contributed by atoms with Crippen LogP contribution < -0.4 is 19.8 Å². The molecule has 2 N–H and O–H groups in total. The number of hydrogen-bond donors (Lipinski definition) is 2. The maximum Gasteiger partial charge on any atom is 0.264 e. The second kappa shape index (κ2) is 13.2. The third kappa shape index (κ3) is 7.55. The Kier molecular flexibility index (Phi) is 9.27. The van der Waals surface area contributed by atoms with Crippen molar-refractivity contribution < 1.29 is 22.7 Å². The molecule has 0 radical (unpaired) electrons. The molecule has 204 valence electrons. The molecule has 0 spiro atoms. The van der Waals surface area contributed by atoms with Crippen molar-refractivity contribution in [3.05, 3.63) is 120 Å². The van der Waals surface area contributed by atoms with Gasteiger partial charge in [0.25, 0.3) is 21.8 Å². The lowest BCUT2D eigenvalue weighted by Crippen LogP contribution is -2.40. The second-order valence-corrected chi connectivity index (χ2v) is 10.5. The molecule has 0 atom stereocenters. The van der Waals surface area contributed by atoms with Crippen LogP contribution in [0.3, 0.4) is 0 Å². The molecule has 4 rings (SSSR count). The Morgan fingerprint density at radius 3 is 2.12 bits per heavy atom. The number of para-hydroxylation sites is 2. The quantitative estimate of drug-likeness (QED) is 0.210. The van der Waals surface area contributed by atoms with E-state index in [1.807, 2.05) is 18.2 Å². The fourth-order valence-corrected chi connectivity index (χ4v) is 5.23. The first kappa shape index (κ1) is 28.1. The zero-order valence-corrected chi connectivity index (χ0v) is 22.5. The average molecular weight is 557 g/mol. The standard InChI is InChI=1S/C30H28N4O5S/c1-23-10-8-9-15-28(23)34(40(37,38)27-13-6-3-7-14-27)21-29(35)33-31-20-24-16-18-26(19-17-24)39-22-30(36)32-25-11-4-2-5-12-25/h2-20H,21-22H2,1H3,(H,32,36)(H,33,35)/b31-20-. The van der Waals surface area contributed by atoms with Crippen molar-refractivity contribution in [3.63, 3.8) is 0 Å². The minimum Gasteiger partial charge on any atom is -0.484 e. The molecule has 0 aromatic heterocycles. The highest BCUT2D eigenvalue weighted by molar-refractivity contribution is 7.92.